The van der Waals surface area contributed by atoms with Gasteiger partial charge in [0.25, 0.3) is 5.56 Å². The Kier molecular flexibility index (Phi) is 2.86. The number of para-hydroxylation sites is 1. The minimum Gasteiger partial charge on any atom is -0.493 e. The Morgan fingerprint density at radius 2 is 1.95 bits per heavy atom. The van der Waals surface area contributed by atoms with E-state index in [1.54, 1.807) is 12.1 Å². The first-order chi connectivity index (χ1) is 9.69. The number of aromatic nitrogens is 4. The molecule has 0 atom stereocenters. The van der Waals surface area contributed by atoms with Crippen molar-refractivity contribution in [3.05, 3.63) is 45.1 Å². The first-order valence-electron chi connectivity index (χ1n) is 6.13. The summed E-state index contributed by atoms with van der Waals surface area (Å²) in [7, 11) is 0. The summed E-state index contributed by atoms with van der Waals surface area (Å²) in [4.78, 5) is 34.9. The van der Waals surface area contributed by atoms with E-state index in [0.717, 1.165) is 0 Å². The molecular formula is C13H12N4O3. The van der Waals surface area contributed by atoms with Crippen molar-refractivity contribution >= 4 is 11.2 Å². The van der Waals surface area contributed by atoms with Gasteiger partial charge in [-0.15, -0.1) is 0 Å². The van der Waals surface area contributed by atoms with Crippen LogP contribution < -0.4 is 16.0 Å². The van der Waals surface area contributed by atoms with Gasteiger partial charge in [-0.25, -0.2) is 9.78 Å². The average molecular weight is 272 g/mol. The molecule has 20 heavy (non-hydrogen) atoms. The van der Waals surface area contributed by atoms with E-state index in [4.69, 9.17) is 4.74 Å². The number of nitrogens with zero attached hydrogens (tertiary/aromatic N) is 1. The molecule has 2 aromatic heterocycles. The first-order valence-corrected chi connectivity index (χ1v) is 6.13. The van der Waals surface area contributed by atoms with Crippen LogP contribution in [-0.2, 0) is 0 Å². The molecule has 102 valence electrons. The van der Waals surface area contributed by atoms with Crippen LogP contribution in [0.25, 0.3) is 22.6 Å². The largest absolute Gasteiger partial charge is 0.493 e. The molecule has 3 rings (SSSR count). The highest BCUT2D eigenvalue weighted by molar-refractivity contribution is 5.73. The zero-order chi connectivity index (χ0) is 14.1. The fraction of sp³-hybridized carbons (Fsp3) is 0.154. The molecule has 7 nitrogen and oxygen atoms in total. The van der Waals surface area contributed by atoms with Gasteiger partial charge in [-0.3, -0.25) is 14.8 Å². The van der Waals surface area contributed by atoms with E-state index in [0.29, 0.717) is 23.7 Å². The topological polar surface area (TPSA) is 104 Å². The molecule has 3 N–H and O–H groups in total. The Labute approximate surface area is 112 Å². The van der Waals surface area contributed by atoms with Gasteiger partial charge >= 0.3 is 5.69 Å². The van der Waals surface area contributed by atoms with E-state index in [2.05, 4.69) is 19.9 Å². The first kappa shape index (κ1) is 12.2. The van der Waals surface area contributed by atoms with Crippen LogP contribution in [-0.4, -0.2) is 26.5 Å². The third-order valence-corrected chi connectivity index (χ3v) is 2.83. The van der Waals surface area contributed by atoms with E-state index in [1.807, 2.05) is 19.1 Å². The summed E-state index contributed by atoms with van der Waals surface area (Å²) < 4.78 is 5.51. The highest BCUT2D eigenvalue weighted by Gasteiger charge is 2.12. The quantitative estimate of drug-likeness (QED) is 0.661. The van der Waals surface area contributed by atoms with E-state index >= 15 is 0 Å². The molecule has 0 bridgehead atoms. The van der Waals surface area contributed by atoms with Crippen molar-refractivity contribution < 1.29 is 4.74 Å². The second kappa shape index (κ2) is 4.69. The molecule has 7 heteroatoms. The van der Waals surface area contributed by atoms with Crippen LogP contribution >= 0.6 is 0 Å². The number of H-pyrrole nitrogens is 3. The van der Waals surface area contributed by atoms with Crippen LogP contribution in [0.5, 0.6) is 5.75 Å². The monoisotopic (exact) mass is 272 g/mol. The Bertz CT molecular complexity index is 875. The zero-order valence-corrected chi connectivity index (χ0v) is 10.7. The van der Waals surface area contributed by atoms with Gasteiger partial charge in [-0.2, -0.15) is 0 Å². The van der Waals surface area contributed by atoms with Gasteiger partial charge in [0.1, 0.15) is 11.6 Å². The van der Waals surface area contributed by atoms with E-state index in [9.17, 15) is 9.59 Å². The molecule has 1 aromatic carbocycles. The van der Waals surface area contributed by atoms with Crippen molar-refractivity contribution in [1.82, 2.24) is 19.9 Å². The Hall–Kier alpha value is -2.83. The average Bonchev–Trinajstić information content (AvgIpc) is 2.81. The van der Waals surface area contributed by atoms with Gasteiger partial charge in [-0.1, -0.05) is 12.1 Å². The highest BCUT2D eigenvalue weighted by Crippen LogP contribution is 2.26. The SMILES string of the molecule is CCOc1ccccc1-c1nc2[nH]c(=O)[nH]c2c(=O)[nH]1. The lowest BCUT2D eigenvalue weighted by atomic mass is 10.2. The van der Waals surface area contributed by atoms with Crippen LogP contribution in [0.4, 0.5) is 0 Å². The minimum atomic E-state index is -0.465. The van der Waals surface area contributed by atoms with E-state index in [1.165, 1.54) is 0 Å². The lowest BCUT2D eigenvalue weighted by molar-refractivity contribution is 0.341. The van der Waals surface area contributed by atoms with Crippen LogP contribution in [0, 0.1) is 0 Å². The Morgan fingerprint density at radius 1 is 1.15 bits per heavy atom. The number of benzene rings is 1. The Morgan fingerprint density at radius 3 is 2.75 bits per heavy atom. The molecule has 0 radical (unpaired) electrons. The van der Waals surface area contributed by atoms with Crippen molar-refractivity contribution in [1.29, 1.82) is 0 Å². The lowest BCUT2D eigenvalue weighted by Crippen LogP contribution is -2.10. The maximum absolute atomic E-state index is 11.9. The zero-order valence-electron chi connectivity index (χ0n) is 10.7. The van der Waals surface area contributed by atoms with Gasteiger partial charge in [0.2, 0.25) is 0 Å². The number of hydrogen-bond donors (Lipinski definition) is 3. The predicted molar refractivity (Wildman–Crippen MR) is 73.9 cm³/mol. The summed E-state index contributed by atoms with van der Waals surface area (Å²) in [5.41, 5.74) is 0.144. The number of fused-ring (bicyclic) bond motifs is 1. The molecule has 0 saturated carbocycles. The van der Waals surface area contributed by atoms with Crippen LogP contribution in [0.2, 0.25) is 0 Å². The van der Waals surface area contributed by atoms with Crippen molar-refractivity contribution in [2.75, 3.05) is 6.61 Å². The second-order valence-corrected chi connectivity index (χ2v) is 4.15. The molecule has 0 spiro atoms. The Balaban J connectivity index is 2.24. The fourth-order valence-electron chi connectivity index (χ4n) is 2.00. The van der Waals surface area contributed by atoms with Crippen LogP contribution in [0.1, 0.15) is 6.92 Å². The third kappa shape index (κ3) is 1.99. The molecule has 3 aromatic rings. The normalized spacial score (nSPS) is 10.8. The molecule has 0 unspecified atom stereocenters. The van der Waals surface area contributed by atoms with Crippen LogP contribution in [0.15, 0.2) is 33.9 Å². The molecule has 0 aliphatic heterocycles. The highest BCUT2D eigenvalue weighted by atomic mass is 16.5. The molecule has 2 heterocycles. The summed E-state index contributed by atoms with van der Waals surface area (Å²) >= 11 is 0. The number of imidazole rings is 1. The molecule has 0 aliphatic carbocycles. The third-order valence-electron chi connectivity index (χ3n) is 2.83. The second-order valence-electron chi connectivity index (χ2n) is 4.15. The summed E-state index contributed by atoms with van der Waals surface area (Å²) in [6.07, 6.45) is 0. The van der Waals surface area contributed by atoms with E-state index in [-0.39, 0.29) is 11.2 Å². The number of aromatic amines is 3. The number of nitrogens with one attached hydrogen (secondary N) is 3. The standard InChI is InChI=1S/C13H12N4O3/c1-2-20-8-6-4-3-5-7(8)10-15-11-9(12(18)16-10)14-13(19)17-11/h3-6H,2H2,1H3,(H3,14,15,16,17,18,19). The van der Waals surface area contributed by atoms with Crippen LogP contribution in [0.3, 0.4) is 0 Å². The van der Waals surface area contributed by atoms with Gasteiger partial charge in [0, 0.05) is 0 Å². The van der Waals surface area contributed by atoms with Crippen molar-refractivity contribution in [2.45, 2.75) is 6.92 Å². The van der Waals surface area contributed by atoms with Gasteiger partial charge in [-0.05, 0) is 19.1 Å². The maximum atomic E-state index is 11.9. The smallest absolute Gasteiger partial charge is 0.325 e. The molecule has 0 aliphatic rings. The fourth-order valence-corrected chi connectivity index (χ4v) is 2.00. The summed E-state index contributed by atoms with van der Waals surface area (Å²) in [6.45, 7) is 2.38. The van der Waals surface area contributed by atoms with Gasteiger partial charge < -0.3 is 9.72 Å². The number of ether oxygens (including phenoxy) is 1. The maximum Gasteiger partial charge on any atom is 0.325 e. The van der Waals surface area contributed by atoms with Crippen molar-refractivity contribution in [3.63, 3.8) is 0 Å². The van der Waals surface area contributed by atoms with Crippen molar-refractivity contribution in [3.8, 4) is 17.1 Å². The van der Waals surface area contributed by atoms with Gasteiger partial charge in [0.15, 0.2) is 11.2 Å². The summed E-state index contributed by atoms with van der Waals surface area (Å²) in [6, 6.07) is 7.24. The molecular weight excluding hydrogens is 260 g/mol. The molecule has 0 saturated heterocycles. The molecule has 0 amide bonds. The van der Waals surface area contributed by atoms with Crippen molar-refractivity contribution in [2.24, 2.45) is 0 Å². The summed E-state index contributed by atoms with van der Waals surface area (Å²) in [5, 5.41) is 0. The predicted octanol–water partition coefficient (Wildman–Crippen LogP) is 1.01. The van der Waals surface area contributed by atoms with E-state index < -0.39 is 11.2 Å². The number of rotatable bonds is 3. The number of hydrogen-bond acceptors (Lipinski definition) is 4. The lowest BCUT2D eigenvalue weighted by Gasteiger charge is -2.08. The summed E-state index contributed by atoms with van der Waals surface area (Å²) in [5.74, 6) is 0.970. The minimum absolute atomic E-state index is 0.132. The molecule has 0 fully saturated rings. The van der Waals surface area contributed by atoms with Gasteiger partial charge in [0.05, 0.1) is 12.2 Å².